The molecule has 0 saturated heterocycles. The molecular formula is C23H31ClN2O5. The van der Waals surface area contributed by atoms with Crippen LogP contribution in [0.4, 0.5) is 0 Å². The van der Waals surface area contributed by atoms with E-state index in [-0.39, 0.29) is 28.9 Å². The fraction of sp³-hybridized carbons (Fsp3) is 0.391. The van der Waals surface area contributed by atoms with Crippen LogP contribution in [0, 0.1) is 6.92 Å². The van der Waals surface area contributed by atoms with Crippen molar-refractivity contribution in [3.05, 3.63) is 58.1 Å². The zero-order chi connectivity index (χ0) is 22.1. The third kappa shape index (κ3) is 7.15. The molecule has 0 heterocycles. The Morgan fingerprint density at radius 1 is 1.19 bits per heavy atom. The number of hydrogen-bond donors (Lipinski definition) is 3. The lowest BCUT2D eigenvalue weighted by Gasteiger charge is -2.19. The minimum Gasteiger partial charge on any atom is -0.507 e. The van der Waals surface area contributed by atoms with Crippen LogP contribution in [0.25, 0.3) is 0 Å². The highest BCUT2D eigenvalue weighted by Gasteiger charge is 2.26. The summed E-state index contributed by atoms with van der Waals surface area (Å²) in [6.07, 6.45) is 3.21. The molecule has 2 rings (SSSR count). The first-order valence-electron chi connectivity index (χ1n) is 9.96. The van der Waals surface area contributed by atoms with Gasteiger partial charge in [0.1, 0.15) is 17.5 Å². The first-order valence-corrected chi connectivity index (χ1v) is 10.3. The molecule has 1 atom stereocenters. The van der Waals surface area contributed by atoms with Crippen LogP contribution < -0.4 is 16.2 Å². The molecule has 0 aliphatic rings. The molecule has 0 aromatic heterocycles. The summed E-state index contributed by atoms with van der Waals surface area (Å²) >= 11 is 6.31. The number of methoxy groups -OCH3 is 1. The molecule has 0 spiro atoms. The number of carbonyl (C=O) groups excluding carboxylic acids is 2. The van der Waals surface area contributed by atoms with Crippen LogP contribution in [0.3, 0.4) is 0 Å². The summed E-state index contributed by atoms with van der Waals surface area (Å²) < 4.78 is 10.5. The largest absolute Gasteiger partial charge is 0.507 e. The molecule has 2 aromatic carbocycles. The van der Waals surface area contributed by atoms with Crippen molar-refractivity contribution in [3.63, 3.8) is 0 Å². The van der Waals surface area contributed by atoms with E-state index in [2.05, 4.69) is 12.2 Å². The molecule has 0 fully saturated rings. The number of unbranched alkanes of at least 4 members (excludes halogenated alkanes) is 2. The molecule has 8 heteroatoms. The number of phenols is 1. The lowest BCUT2D eigenvalue weighted by atomic mass is 10.0. The lowest BCUT2D eigenvalue weighted by Crippen LogP contribution is -2.43. The van der Waals surface area contributed by atoms with E-state index < -0.39 is 17.9 Å². The number of esters is 1. The van der Waals surface area contributed by atoms with Gasteiger partial charge in [-0.05, 0) is 25.0 Å². The third-order valence-electron chi connectivity index (χ3n) is 4.75. The Morgan fingerprint density at radius 2 is 1.87 bits per heavy atom. The SMILES string of the molecule is CCCCCOc1c(Cl)cc(C(=O)N[C@@H](Cc2ccccc2)C(=O)OC)c(O)c1C.N. The number of phenolic OH excluding ortho intramolecular Hbond substituents is 1. The molecule has 0 aliphatic heterocycles. The number of amides is 1. The average Bonchev–Trinajstić information content (AvgIpc) is 2.75. The highest BCUT2D eigenvalue weighted by Crippen LogP contribution is 2.37. The monoisotopic (exact) mass is 450 g/mol. The molecular weight excluding hydrogens is 420 g/mol. The summed E-state index contributed by atoms with van der Waals surface area (Å²) in [5.41, 5.74) is 1.21. The summed E-state index contributed by atoms with van der Waals surface area (Å²) in [7, 11) is 1.26. The van der Waals surface area contributed by atoms with Gasteiger partial charge in [-0.3, -0.25) is 4.79 Å². The number of aromatic hydroxyl groups is 1. The number of hydrogen-bond acceptors (Lipinski definition) is 6. The number of benzene rings is 2. The minimum atomic E-state index is -0.909. The van der Waals surface area contributed by atoms with Gasteiger partial charge in [-0.25, -0.2) is 4.79 Å². The highest BCUT2D eigenvalue weighted by molar-refractivity contribution is 6.32. The normalized spacial score (nSPS) is 11.2. The van der Waals surface area contributed by atoms with Crippen LogP contribution in [0.15, 0.2) is 36.4 Å². The molecule has 2 aromatic rings. The second kappa shape index (κ2) is 12.8. The Kier molecular flexibility index (Phi) is 10.9. The number of ether oxygens (including phenoxy) is 2. The smallest absolute Gasteiger partial charge is 0.328 e. The molecule has 0 aliphatic carbocycles. The van der Waals surface area contributed by atoms with Crippen LogP contribution >= 0.6 is 11.6 Å². The van der Waals surface area contributed by atoms with Gasteiger partial charge < -0.3 is 26.0 Å². The number of nitrogens with one attached hydrogen (secondary N) is 1. The third-order valence-corrected chi connectivity index (χ3v) is 5.03. The molecule has 0 radical (unpaired) electrons. The molecule has 5 N–H and O–H groups in total. The predicted molar refractivity (Wildman–Crippen MR) is 121 cm³/mol. The van der Waals surface area contributed by atoms with E-state index in [1.54, 1.807) is 6.92 Å². The van der Waals surface area contributed by atoms with Gasteiger partial charge in [0.15, 0.2) is 0 Å². The fourth-order valence-electron chi connectivity index (χ4n) is 3.05. The second-order valence-electron chi connectivity index (χ2n) is 7.00. The van der Waals surface area contributed by atoms with Crippen LogP contribution in [0.1, 0.15) is 47.7 Å². The van der Waals surface area contributed by atoms with Crippen molar-refractivity contribution in [2.75, 3.05) is 13.7 Å². The molecule has 7 nitrogen and oxygen atoms in total. The fourth-order valence-corrected chi connectivity index (χ4v) is 3.35. The number of rotatable bonds is 10. The van der Waals surface area contributed by atoms with Crippen molar-refractivity contribution in [2.45, 2.75) is 45.6 Å². The number of carbonyl (C=O) groups is 2. The van der Waals surface area contributed by atoms with Gasteiger partial charge in [-0.1, -0.05) is 61.7 Å². The maximum Gasteiger partial charge on any atom is 0.328 e. The van der Waals surface area contributed by atoms with Crippen molar-refractivity contribution in [1.82, 2.24) is 11.5 Å². The van der Waals surface area contributed by atoms with Gasteiger partial charge in [0.05, 0.1) is 24.3 Å². The van der Waals surface area contributed by atoms with Gasteiger partial charge in [0.2, 0.25) is 0 Å². The van der Waals surface area contributed by atoms with E-state index in [0.29, 0.717) is 17.9 Å². The Hall–Kier alpha value is -2.77. The molecule has 0 bridgehead atoms. The van der Waals surface area contributed by atoms with Crippen molar-refractivity contribution in [2.24, 2.45) is 0 Å². The van der Waals surface area contributed by atoms with Gasteiger partial charge >= 0.3 is 5.97 Å². The van der Waals surface area contributed by atoms with E-state index in [9.17, 15) is 14.7 Å². The first-order chi connectivity index (χ1) is 14.4. The van der Waals surface area contributed by atoms with Crippen LogP contribution in [-0.4, -0.2) is 36.7 Å². The molecule has 0 saturated carbocycles. The quantitative estimate of drug-likeness (QED) is 0.359. The van der Waals surface area contributed by atoms with Crippen molar-refractivity contribution in [1.29, 1.82) is 0 Å². The maximum atomic E-state index is 12.8. The molecule has 0 unspecified atom stereocenters. The summed E-state index contributed by atoms with van der Waals surface area (Å²) in [5, 5.41) is 13.4. The van der Waals surface area contributed by atoms with E-state index in [4.69, 9.17) is 21.1 Å². The number of halogens is 1. The Balaban J connectivity index is 0.00000480. The zero-order valence-electron chi connectivity index (χ0n) is 18.2. The molecule has 1 amide bonds. The Labute approximate surface area is 188 Å². The Morgan fingerprint density at radius 3 is 2.48 bits per heavy atom. The average molecular weight is 451 g/mol. The van der Waals surface area contributed by atoms with Crippen LogP contribution in [-0.2, 0) is 16.0 Å². The summed E-state index contributed by atoms with van der Waals surface area (Å²) in [6.45, 7) is 4.20. The van der Waals surface area contributed by atoms with Crippen LogP contribution in [0.5, 0.6) is 11.5 Å². The zero-order valence-corrected chi connectivity index (χ0v) is 19.0. The minimum absolute atomic E-state index is 0. The lowest BCUT2D eigenvalue weighted by molar-refractivity contribution is -0.142. The summed E-state index contributed by atoms with van der Waals surface area (Å²) in [6, 6.07) is 9.71. The van der Waals surface area contributed by atoms with Crippen molar-refractivity contribution in [3.8, 4) is 11.5 Å². The summed E-state index contributed by atoms with van der Waals surface area (Å²) in [4.78, 5) is 25.0. The predicted octanol–water partition coefficient (Wildman–Crippen LogP) is 4.60. The summed E-state index contributed by atoms with van der Waals surface area (Å²) in [5.74, 6) is -1.08. The van der Waals surface area contributed by atoms with Crippen LogP contribution in [0.2, 0.25) is 5.02 Å². The standard InChI is InChI=1S/C23H28ClNO5.H3N/c1-4-5-9-12-30-21-15(2)20(26)17(14-18(21)24)22(27)25-19(23(28)29-3)13-16-10-7-6-8-11-16;/h6-8,10-11,14,19,26H,4-5,9,12-13H2,1-3H3,(H,25,27);1H3/t19-;/m0./s1. The van der Waals surface area contributed by atoms with E-state index >= 15 is 0 Å². The second-order valence-corrected chi connectivity index (χ2v) is 7.41. The van der Waals surface area contributed by atoms with E-state index in [1.807, 2.05) is 30.3 Å². The highest BCUT2D eigenvalue weighted by atomic mass is 35.5. The van der Waals surface area contributed by atoms with Crippen molar-refractivity contribution < 1.29 is 24.2 Å². The van der Waals surface area contributed by atoms with Crippen molar-refractivity contribution >= 4 is 23.5 Å². The van der Waals surface area contributed by atoms with Gasteiger partial charge in [0.25, 0.3) is 5.91 Å². The maximum absolute atomic E-state index is 12.8. The van der Waals surface area contributed by atoms with Gasteiger partial charge in [-0.2, -0.15) is 0 Å². The van der Waals surface area contributed by atoms with Gasteiger partial charge in [-0.15, -0.1) is 0 Å². The van der Waals surface area contributed by atoms with E-state index in [1.165, 1.54) is 13.2 Å². The topological polar surface area (TPSA) is 120 Å². The first kappa shape index (κ1) is 26.3. The van der Waals surface area contributed by atoms with E-state index in [0.717, 1.165) is 24.8 Å². The molecule has 31 heavy (non-hydrogen) atoms. The Bertz CT molecular complexity index is 874. The van der Waals surface area contributed by atoms with Gasteiger partial charge in [0, 0.05) is 12.0 Å². The molecule has 170 valence electrons.